The number of benzene rings is 1. The molecule has 0 spiro atoms. The summed E-state index contributed by atoms with van der Waals surface area (Å²) < 4.78 is 7.26. The van der Waals surface area contributed by atoms with Crippen LogP contribution in [-0.4, -0.2) is 46.1 Å². The van der Waals surface area contributed by atoms with Crippen LogP contribution in [0.25, 0.3) is 11.3 Å². The second-order valence-corrected chi connectivity index (χ2v) is 7.50. The Hall–Kier alpha value is -2.49. The van der Waals surface area contributed by atoms with Crippen LogP contribution in [0.2, 0.25) is 0 Å². The molecule has 1 aliphatic heterocycles. The first-order valence-electron chi connectivity index (χ1n) is 9.20. The van der Waals surface area contributed by atoms with Crippen molar-refractivity contribution in [1.82, 2.24) is 25.3 Å². The lowest BCUT2D eigenvalue weighted by atomic mass is 10.1. The number of thiazole rings is 1. The molecule has 1 aliphatic rings. The summed E-state index contributed by atoms with van der Waals surface area (Å²) in [7, 11) is 1.63. The van der Waals surface area contributed by atoms with Gasteiger partial charge in [0.05, 0.1) is 24.5 Å². The molecular weight excluding hydrogens is 412 g/mol. The molecule has 3 heterocycles. The van der Waals surface area contributed by atoms with Crippen LogP contribution in [0.4, 0.5) is 5.13 Å². The van der Waals surface area contributed by atoms with Gasteiger partial charge in [0.1, 0.15) is 5.75 Å². The van der Waals surface area contributed by atoms with Crippen molar-refractivity contribution in [3.8, 4) is 17.0 Å². The Kier molecular flexibility index (Phi) is 6.83. The highest BCUT2D eigenvalue weighted by atomic mass is 35.5. The second-order valence-electron chi connectivity index (χ2n) is 6.64. The molecular formula is C19H23ClN6O2S. The number of ether oxygens (including phenoxy) is 1. The number of hydrogen-bond acceptors (Lipinski definition) is 7. The van der Waals surface area contributed by atoms with Gasteiger partial charge in [-0.2, -0.15) is 0 Å². The number of carbonyl (C=O) groups excluding carboxylic acids is 1. The quantitative estimate of drug-likeness (QED) is 0.639. The summed E-state index contributed by atoms with van der Waals surface area (Å²) in [5.41, 5.74) is 2.76. The van der Waals surface area contributed by atoms with Crippen molar-refractivity contribution in [2.45, 2.75) is 25.8 Å². The van der Waals surface area contributed by atoms with E-state index in [1.165, 1.54) is 11.3 Å². The lowest BCUT2D eigenvalue weighted by molar-refractivity contribution is 0.102. The molecule has 2 aromatic heterocycles. The Morgan fingerprint density at radius 3 is 2.83 bits per heavy atom. The molecule has 0 unspecified atom stereocenters. The van der Waals surface area contributed by atoms with Gasteiger partial charge in [-0.3, -0.25) is 10.1 Å². The predicted molar refractivity (Wildman–Crippen MR) is 115 cm³/mol. The fraction of sp³-hybridized carbons (Fsp3) is 0.368. The van der Waals surface area contributed by atoms with Crippen molar-refractivity contribution < 1.29 is 9.53 Å². The number of carbonyl (C=O) groups is 1. The molecule has 4 rings (SSSR count). The average molecular weight is 435 g/mol. The summed E-state index contributed by atoms with van der Waals surface area (Å²) in [6.07, 6.45) is 1.97. The van der Waals surface area contributed by atoms with Gasteiger partial charge in [-0.1, -0.05) is 17.3 Å². The van der Waals surface area contributed by atoms with E-state index in [2.05, 4.69) is 25.9 Å². The van der Waals surface area contributed by atoms with Crippen molar-refractivity contribution >= 4 is 34.8 Å². The molecule has 1 aromatic carbocycles. The number of amides is 1. The highest BCUT2D eigenvalue weighted by Gasteiger charge is 2.23. The molecule has 0 bridgehead atoms. The lowest BCUT2D eigenvalue weighted by Crippen LogP contribution is -2.30. The summed E-state index contributed by atoms with van der Waals surface area (Å²) in [4.78, 5) is 17.2. The molecule has 10 heteroatoms. The van der Waals surface area contributed by atoms with E-state index in [9.17, 15) is 4.79 Å². The van der Waals surface area contributed by atoms with Crippen LogP contribution in [0.1, 0.15) is 35.1 Å². The van der Waals surface area contributed by atoms with E-state index in [-0.39, 0.29) is 24.4 Å². The minimum Gasteiger partial charge on any atom is -0.496 e. The first-order chi connectivity index (χ1) is 13.7. The van der Waals surface area contributed by atoms with Crippen LogP contribution in [0.3, 0.4) is 0 Å². The highest BCUT2D eigenvalue weighted by Crippen LogP contribution is 2.32. The maximum absolute atomic E-state index is 12.7. The summed E-state index contributed by atoms with van der Waals surface area (Å²) in [5, 5.41) is 16.9. The molecule has 0 aliphatic carbocycles. The Balaban J connectivity index is 0.00000240. The van der Waals surface area contributed by atoms with Crippen molar-refractivity contribution in [3.63, 3.8) is 0 Å². The maximum Gasteiger partial charge on any atom is 0.279 e. The van der Waals surface area contributed by atoms with Gasteiger partial charge >= 0.3 is 0 Å². The van der Waals surface area contributed by atoms with E-state index in [1.807, 2.05) is 41.3 Å². The Morgan fingerprint density at radius 1 is 1.31 bits per heavy atom. The summed E-state index contributed by atoms with van der Waals surface area (Å²) in [6, 6.07) is 7.94. The number of anilines is 1. The molecule has 1 fully saturated rings. The third-order valence-corrected chi connectivity index (χ3v) is 5.66. The van der Waals surface area contributed by atoms with Crippen LogP contribution in [0, 0.1) is 6.92 Å². The average Bonchev–Trinajstić information content (AvgIpc) is 3.35. The molecule has 0 saturated carbocycles. The highest BCUT2D eigenvalue weighted by molar-refractivity contribution is 7.14. The molecule has 29 heavy (non-hydrogen) atoms. The number of hydrogen-bond donors (Lipinski definition) is 2. The number of nitrogens with one attached hydrogen (secondary N) is 2. The summed E-state index contributed by atoms with van der Waals surface area (Å²) in [6.45, 7) is 3.80. The van der Waals surface area contributed by atoms with Gasteiger partial charge in [-0.15, -0.1) is 28.8 Å². The number of methoxy groups -OCH3 is 1. The maximum atomic E-state index is 12.7. The fourth-order valence-electron chi connectivity index (χ4n) is 3.42. The zero-order chi connectivity index (χ0) is 19.5. The van der Waals surface area contributed by atoms with Gasteiger partial charge in [0.25, 0.3) is 5.91 Å². The standard InChI is InChI=1S/C19H22N6O2S.ClH/c1-12-17(23-24-25(12)13-7-9-20-10-8-13)18(26)22-19-21-15(11-28-19)14-5-3-4-6-16(14)27-2;/h3-6,11,13,20H,7-10H2,1-2H3,(H,21,22,26);1H. The molecule has 3 aromatic rings. The molecule has 0 atom stereocenters. The van der Waals surface area contributed by atoms with Crippen molar-refractivity contribution in [2.24, 2.45) is 0 Å². The van der Waals surface area contributed by atoms with E-state index >= 15 is 0 Å². The molecule has 2 N–H and O–H groups in total. The number of rotatable bonds is 5. The largest absolute Gasteiger partial charge is 0.496 e. The van der Waals surface area contributed by atoms with E-state index < -0.39 is 0 Å². The monoisotopic (exact) mass is 434 g/mol. The Labute approximate surface area is 179 Å². The number of piperidine rings is 1. The normalized spacial score (nSPS) is 14.3. The van der Waals surface area contributed by atoms with Gasteiger partial charge in [-0.05, 0) is 45.0 Å². The zero-order valence-corrected chi connectivity index (χ0v) is 17.8. The van der Waals surface area contributed by atoms with E-state index in [4.69, 9.17) is 4.74 Å². The van der Waals surface area contributed by atoms with E-state index in [0.717, 1.165) is 48.6 Å². The fourth-order valence-corrected chi connectivity index (χ4v) is 4.12. The van der Waals surface area contributed by atoms with Crippen molar-refractivity contribution in [1.29, 1.82) is 0 Å². The van der Waals surface area contributed by atoms with Crippen molar-refractivity contribution in [3.05, 3.63) is 41.0 Å². The molecule has 154 valence electrons. The number of para-hydroxylation sites is 1. The number of halogens is 1. The van der Waals surface area contributed by atoms with Gasteiger partial charge in [0.15, 0.2) is 10.8 Å². The third kappa shape index (κ3) is 4.42. The predicted octanol–water partition coefficient (Wildman–Crippen LogP) is 3.32. The van der Waals surface area contributed by atoms with Crippen LogP contribution in [0.5, 0.6) is 5.75 Å². The smallest absolute Gasteiger partial charge is 0.279 e. The van der Waals surface area contributed by atoms with Crippen molar-refractivity contribution in [2.75, 3.05) is 25.5 Å². The van der Waals surface area contributed by atoms with Gasteiger partial charge in [-0.25, -0.2) is 9.67 Å². The first-order valence-corrected chi connectivity index (χ1v) is 10.1. The summed E-state index contributed by atoms with van der Waals surface area (Å²) in [5.74, 6) is 0.449. The van der Waals surface area contributed by atoms with Crippen LogP contribution >= 0.6 is 23.7 Å². The molecule has 1 saturated heterocycles. The van der Waals surface area contributed by atoms with E-state index in [1.54, 1.807) is 7.11 Å². The summed E-state index contributed by atoms with van der Waals surface area (Å²) >= 11 is 1.37. The van der Waals surface area contributed by atoms with Crippen LogP contribution in [0.15, 0.2) is 29.6 Å². The minimum absolute atomic E-state index is 0. The second kappa shape index (κ2) is 9.34. The first kappa shape index (κ1) is 21.2. The molecule has 0 radical (unpaired) electrons. The van der Waals surface area contributed by atoms with Gasteiger partial charge in [0, 0.05) is 10.9 Å². The van der Waals surface area contributed by atoms with Gasteiger partial charge < -0.3 is 10.1 Å². The number of aromatic nitrogens is 4. The zero-order valence-electron chi connectivity index (χ0n) is 16.2. The van der Waals surface area contributed by atoms with E-state index in [0.29, 0.717) is 10.8 Å². The number of nitrogens with zero attached hydrogens (tertiary/aromatic N) is 4. The molecule has 1 amide bonds. The van der Waals surface area contributed by atoms with Crippen LogP contribution < -0.4 is 15.4 Å². The third-order valence-electron chi connectivity index (χ3n) is 4.90. The lowest BCUT2D eigenvalue weighted by Gasteiger charge is -2.23. The van der Waals surface area contributed by atoms with Gasteiger partial charge in [0.2, 0.25) is 0 Å². The Bertz CT molecular complexity index is 983. The topological polar surface area (TPSA) is 94.0 Å². The minimum atomic E-state index is -0.293. The Morgan fingerprint density at radius 2 is 2.07 bits per heavy atom. The molecule has 8 nitrogen and oxygen atoms in total. The van der Waals surface area contributed by atoms with Crippen LogP contribution in [-0.2, 0) is 0 Å². The SMILES string of the molecule is COc1ccccc1-c1csc(NC(=O)c2nnn(C3CCNCC3)c2C)n1.Cl.